The molecule has 6 aliphatic rings. The minimum absolute atomic E-state index is 0. The van der Waals surface area contributed by atoms with Crippen molar-refractivity contribution >= 4 is 118 Å². The Morgan fingerprint density at radius 1 is 0.479 bits per heavy atom. The number of anilines is 3. The van der Waals surface area contributed by atoms with E-state index in [9.17, 15) is 14.4 Å². The number of nitrogens with two attached hydrogens (primary N) is 1. The molecule has 23 heteroatoms. The van der Waals surface area contributed by atoms with Crippen LogP contribution in [0.2, 0.25) is 0 Å². The van der Waals surface area contributed by atoms with Crippen molar-refractivity contribution in [3.8, 4) is 0 Å². The molecule has 6 aromatic heterocycles. The third-order valence-electron chi connectivity index (χ3n) is 19.2. The largest absolute Gasteiger partial charge is 1.00 e. The summed E-state index contributed by atoms with van der Waals surface area (Å²) >= 11 is 5.65. The molecule has 0 bridgehead atoms. The van der Waals surface area contributed by atoms with Crippen molar-refractivity contribution in [2.24, 2.45) is 29.4 Å². The van der Waals surface area contributed by atoms with Gasteiger partial charge >= 0.3 is 37.1 Å². The molecule has 6 N–H and O–H groups in total. The van der Waals surface area contributed by atoms with Crippen LogP contribution in [0.3, 0.4) is 0 Å². The summed E-state index contributed by atoms with van der Waals surface area (Å²) in [5.74, 6) is 6.04. The monoisotopic (exact) mass is 1360 g/mol. The van der Waals surface area contributed by atoms with Gasteiger partial charge in [-0.05, 0) is 245 Å². The van der Waals surface area contributed by atoms with Crippen molar-refractivity contribution in [3.63, 3.8) is 0 Å². The van der Waals surface area contributed by atoms with Crippen LogP contribution in [-0.2, 0) is 62.3 Å². The number of rotatable bonds is 12. The van der Waals surface area contributed by atoms with Crippen molar-refractivity contribution in [1.29, 1.82) is 0 Å². The van der Waals surface area contributed by atoms with Gasteiger partial charge < -0.3 is 47.4 Å². The van der Waals surface area contributed by atoms with E-state index in [1.807, 2.05) is 54.8 Å². The number of ether oxygens (including phenoxy) is 4. The average Bonchev–Trinajstić information content (AvgIpc) is 1.65. The molecule has 94 heavy (non-hydrogen) atoms. The van der Waals surface area contributed by atoms with Crippen molar-refractivity contribution in [3.05, 3.63) is 50.3 Å². The molecule has 6 aromatic rings. The normalized spacial score (nSPS) is 23.4. The van der Waals surface area contributed by atoms with Crippen LogP contribution in [0.25, 0.3) is 30.6 Å². The van der Waals surface area contributed by atoms with Crippen LogP contribution in [0.4, 0.5) is 27.0 Å². The fourth-order valence-electron chi connectivity index (χ4n) is 14.0. The molecule has 0 spiro atoms. The molecule has 0 saturated heterocycles. The van der Waals surface area contributed by atoms with E-state index < -0.39 is 29.1 Å². The average molecular weight is 1360 g/mol. The van der Waals surface area contributed by atoms with Gasteiger partial charge in [0.15, 0.2) is 17.4 Å². The molecule has 12 rings (SSSR count). The Bertz CT molecular complexity index is 3390. The molecule has 0 radical (unpaired) electrons. The van der Waals surface area contributed by atoms with Crippen LogP contribution in [0.15, 0.2) is 19.0 Å². The number of esters is 1. The van der Waals surface area contributed by atoms with Crippen LogP contribution < -0.4 is 45.9 Å². The molecular weight excluding hydrogens is 1250 g/mol. The van der Waals surface area contributed by atoms with Crippen LogP contribution in [0.1, 0.15) is 238 Å². The molecule has 0 aliphatic heterocycles. The molecular formula is C71H111AlLiN11O7S3. The second-order valence-electron chi connectivity index (χ2n) is 29.7. The number of nitrogens with one attached hydrogen (secondary N) is 4. The van der Waals surface area contributed by atoms with Crippen molar-refractivity contribution in [1.82, 2.24) is 35.2 Å². The number of aromatic nitrogens is 6. The summed E-state index contributed by atoms with van der Waals surface area (Å²) in [5, 5.41) is 18.5. The second kappa shape index (κ2) is 35.0. The number of fused-ring (bicyclic) bond motifs is 9. The third-order valence-corrected chi connectivity index (χ3v) is 22.7. The quantitative estimate of drug-likeness (QED) is 0.0331. The van der Waals surface area contributed by atoms with Gasteiger partial charge in [-0.3, -0.25) is 4.79 Å². The van der Waals surface area contributed by atoms with E-state index in [1.165, 1.54) is 139 Å². The summed E-state index contributed by atoms with van der Waals surface area (Å²) in [6.07, 6.45) is 32.3. The van der Waals surface area contributed by atoms with E-state index in [0.29, 0.717) is 42.5 Å². The molecule has 3 atom stereocenters. The van der Waals surface area contributed by atoms with Crippen molar-refractivity contribution < 1.29 is 53.6 Å². The first-order valence-electron chi connectivity index (χ1n) is 34.7. The third kappa shape index (κ3) is 21.9. The zero-order valence-electron chi connectivity index (χ0n) is 59.4. The first kappa shape index (κ1) is 77.1. The summed E-state index contributed by atoms with van der Waals surface area (Å²) in [5.41, 5.74) is 8.78. The molecule has 6 aliphatic carbocycles. The molecule has 18 nitrogen and oxygen atoms in total. The number of nitrogens with zero attached hydrogens (tertiary/aromatic N) is 6. The Balaban J connectivity index is 0.000000203. The maximum absolute atomic E-state index is 12.1. The molecule has 6 heterocycles. The molecule has 3 saturated carbocycles. The SMILES string of the molecule is CC(C)(C)OC(=O)OC(=O)OC(C)(C)C.CCC1CCc2c(sc3ncnc(NC4CCC(CC(=O)OC(C)(C)C)CC4)c23)C1.CCC1CCc2c(sc3ncnc(NC4CCC(N)CC4)c23)C1.CCC1CCc2c(sc3ncnc(NC4CCC(NC)CC4)c23)C1.[AlH3].[H-].[Li+]. The maximum Gasteiger partial charge on any atom is 1.00 e. The first-order valence-corrected chi connectivity index (χ1v) is 37.1. The van der Waals surface area contributed by atoms with Gasteiger partial charge in [0.05, 0.1) is 16.2 Å². The summed E-state index contributed by atoms with van der Waals surface area (Å²) in [7, 11) is 2.08. The molecule has 514 valence electrons. The second-order valence-corrected chi connectivity index (χ2v) is 32.9. The van der Waals surface area contributed by atoms with Gasteiger partial charge in [-0.25, -0.2) is 39.5 Å². The zero-order chi connectivity index (χ0) is 65.9. The van der Waals surface area contributed by atoms with Gasteiger partial charge in [0, 0.05) is 51.3 Å². The van der Waals surface area contributed by atoms with Crippen molar-refractivity contribution in [2.45, 2.75) is 291 Å². The minimum atomic E-state index is -1.06. The Morgan fingerprint density at radius 2 is 0.798 bits per heavy atom. The van der Waals surface area contributed by atoms with Crippen LogP contribution >= 0.6 is 34.0 Å². The first-order chi connectivity index (χ1) is 43.8. The standard InChI is InChI=1S/C24H35N3O2S.C19H28N4S.C18H26N4S.C10H18O5.Al.Li.4H/c1-5-15-8-11-18-19(12-15)30-23-21(18)22(25-14-26-23)27-17-9-6-16(7-10-17)13-20(28)29-24(2,3)4;1-3-12-4-9-15-16(10-12)24-19-17(15)18(21-11-22-19)23-14-7-5-13(20-2)6-8-14;1-2-11-3-8-14-15(9-11)23-18-16(14)17(20-10-21-18)22-13-6-4-12(19)5-7-13;1-9(2,3)14-7(11)13-8(12)15-10(4,5)6;;;;;;/h14-17H,5-13H2,1-4H3,(H,25,26,27);11-14,20H,3-10H2,1-2H3,(H,21,22,23);10-13H,2-9,19H2,1H3,(H,20,21,22);1-6H3;;;;;;/q;;;;;+1;;;;-1. The summed E-state index contributed by atoms with van der Waals surface area (Å²) in [4.78, 5) is 69.8. The summed E-state index contributed by atoms with van der Waals surface area (Å²) in [6, 6.07) is 2.55. The number of carbonyl (C=O) groups is 3. The predicted molar refractivity (Wildman–Crippen MR) is 387 cm³/mol. The Morgan fingerprint density at radius 3 is 1.12 bits per heavy atom. The maximum atomic E-state index is 12.1. The molecule has 3 fully saturated rings. The van der Waals surface area contributed by atoms with Crippen LogP contribution in [0, 0.1) is 23.7 Å². The Labute approximate surface area is 595 Å². The van der Waals surface area contributed by atoms with Gasteiger partial charge in [0.2, 0.25) is 0 Å². The van der Waals surface area contributed by atoms with E-state index >= 15 is 0 Å². The number of thiophene rings is 3. The topological polar surface area (TPSA) is 240 Å². The zero-order valence-corrected chi connectivity index (χ0v) is 60.9. The van der Waals surface area contributed by atoms with E-state index in [1.54, 1.807) is 70.3 Å². The minimum Gasteiger partial charge on any atom is -1.00 e. The van der Waals surface area contributed by atoms with E-state index in [4.69, 9.17) is 19.9 Å². The van der Waals surface area contributed by atoms with Gasteiger partial charge in [-0.1, -0.05) is 40.0 Å². The molecule has 0 aromatic carbocycles. The summed E-state index contributed by atoms with van der Waals surface area (Å²) < 4.78 is 19.3. The van der Waals surface area contributed by atoms with Gasteiger partial charge in [-0.2, -0.15) is 0 Å². The molecule has 0 amide bonds. The van der Waals surface area contributed by atoms with Crippen molar-refractivity contribution in [2.75, 3.05) is 23.0 Å². The smallest absolute Gasteiger partial charge is 1.00 e. The van der Waals surface area contributed by atoms with E-state index in [-0.39, 0.29) is 43.6 Å². The Hall–Kier alpha value is -4.22. The van der Waals surface area contributed by atoms with Crippen LogP contribution in [0.5, 0.6) is 0 Å². The van der Waals surface area contributed by atoms with Crippen LogP contribution in [-0.4, -0.2) is 120 Å². The molecule has 3 unspecified atom stereocenters. The Kier molecular flexibility index (Phi) is 28.7. The number of aryl methyl sites for hydroxylation is 3. The van der Waals surface area contributed by atoms with Gasteiger partial charge in [-0.15, -0.1) is 34.0 Å². The van der Waals surface area contributed by atoms with Gasteiger partial charge in [0.1, 0.15) is 67.7 Å². The fraction of sp³-hybridized carbons (Fsp3) is 0.704. The number of hydrogen-bond donors (Lipinski definition) is 5. The van der Waals surface area contributed by atoms with E-state index in [2.05, 4.69) is 83.7 Å². The number of carbonyl (C=O) groups excluding carboxylic acids is 3. The predicted octanol–water partition coefficient (Wildman–Crippen LogP) is 12.8. The number of hydrogen-bond acceptors (Lipinski definition) is 21. The summed E-state index contributed by atoms with van der Waals surface area (Å²) in [6.45, 7) is 22.7. The fourth-order valence-corrected chi connectivity index (χ4v) is 17.9. The van der Waals surface area contributed by atoms with Gasteiger partial charge in [0.25, 0.3) is 0 Å². The van der Waals surface area contributed by atoms with E-state index in [0.717, 1.165) is 103 Å².